The van der Waals surface area contributed by atoms with E-state index < -0.39 is 5.97 Å². The quantitative estimate of drug-likeness (QED) is 0.473. The van der Waals surface area contributed by atoms with Gasteiger partial charge in [-0.15, -0.1) is 0 Å². The van der Waals surface area contributed by atoms with Gasteiger partial charge in [0.05, 0.1) is 12.8 Å². The van der Waals surface area contributed by atoms with Crippen LogP contribution < -0.4 is 14.5 Å². The first-order valence-corrected chi connectivity index (χ1v) is 11.5. The van der Waals surface area contributed by atoms with Crippen LogP contribution in [-0.2, 0) is 16.0 Å². The molecule has 4 rings (SSSR count). The third kappa shape index (κ3) is 5.03. The minimum absolute atomic E-state index is 0.0388. The second kappa shape index (κ2) is 10.4. The minimum Gasteiger partial charge on any atom is -0.497 e. The van der Waals surface area contributed by atoms with Gasteiger partial charge in [-0.1, -0.05) is 0 Å². The number of aromatic carboxylic acids is 1. The lowest BCUT2D eigenvalue weighted by molar-refractivity contribution is -0.119. The van der Waals surface area contributed by atoms with Crippen molar-refractivity contribution in [1.82, 2.24) is 9.78 Å². The number of carboxylic acid groups (broad SMARTS) is 1. The Morgan fingerprint density at radius 3 is 2.40 bits per heavy atom. The molecule has 1 saturated heterocycles. The summed E-state index contributed by atoms with van der Waals surface area (Å²) in [5.74, 6) is -0.320. The van der Waals surface area contributed by atoms with Crippen LogP contribution in [0.2, 0.25) is 0 Å². The Morgan fingerprint density at radius 1 is 1.11 bits per heavy atom. The Bertz CT molecular complexity index is 1220. The summed E-state index contributed by atoms with van der Waals surface area (Å²) in [4.78, 5) is 39.3. The van der Waals surface area contributed by atoms with E-state index in [1.807, 2.05) is 19.1 Å². The number of carboxylic acids is 1. The van der Waals surface area contributed by atoms with Crippen LogP contribution in [0.5, 0.6) is 5.75 Å². The molecule has 1 aromatic heterocycles. The molecule has 0 radical (unpaired) electrons. The largest absolute Gasteiger partial charge is 0.497 e. The minimum atomic E-state index is -1.12. The fourth-order valence-electron chi connectivity index (χ4n) is 4.36. The maximum absolute atomic E-state index is 12.2. The molecule has 1 fully saturated rings. The molecule has 1 aliphatic heterocycles. The second-order valence-electron chi connectivity index (χ2n) is 8.40. The molecule has 0 spiro atoms. The topological polar surface area (TPSA) is 105 Å². The SMILES string of the molecule is COc1ccc(-n2nc(C(=O)O)c(CCN(C=O)c3ccc(N4CCCCC4=O)cc3)c2C)cc1. The van der Waals surface area contributed by atoms with Crippen molar-refractivity contribution >= 4 is 29.7 Å². The molecule has 9 nitrogen and oxygen atoms in total. The number of nitrogens with zero attached hydrogens (tertiary/aromatic N) is 4. The van der Waals surface area contributed by atoms with Gasteiger partial charge in [0.2, 0.25) is 12.3 Å². The van der Waals surface area contributed by atoms with Crippen LogP contribution in [0.3, 0.4) is 0 Å². The van der Waals surface area contributed by atoms with Crippen molar-refractivity contribution in [2.24, 2.45) is 0 Å². The van der Waals surface area contributed by atoms with Crippen molar-refractivity contribution in [3.63, 3.8) is 0 Å². The van der Waals surface area contributed by atoms with Crippen molar-refractivity contribution in [1.29, 1.82) is 0 Å². The van der Waals surface area contributed by atoms with Gasteiger partial charge in [-0.3, -0.25) is 9.59 Å². The predicted octanol–water partition coefficient (Wildman–Crippen LogP) is 3.61. The average molecular weight is 477 g/mol. The molecule has 0 bridgehead atoms. The fraction of sp³-hybridized carbons (Fsp3) is 0.308. The van der Waals surface area contributed by atoms with Crippen molar-refractivity contribution in [2.75, 3.05) is 30.0 Å². The molecule has 0 aliphatic carbocycles. The van der Waals surface area contributed by atoms with Crippen LogP contribution in [0, 0.1) is 6.92 Å². The van der Waals surface area contributed by atoms with E-state index in [1.165, 1.54) is 4.90 Å². The van der Waals surface area contributed by atoms with E-state index in [1.54, 1.807) is 53.1 Å². The molecule has 35 heavy (non-hydrogen) atoms. The monoisotopic (exact) mass is 476 g/mol. The first kappa shape index (κ1) is 24.0. The Hall–Kier alpha value is -4.14. The summed E-state index contributed by atoms with van der Waals surface area (Å²) in [5, 5.41) is 14.1. The number of methoxy groups -OCH3 is 1. The first-order chi connectivity index (χ1) is 16.9. The number of piperidine rings is 1. The lowest BCUT2D eigenvalue weighted by Gasteiger charge is -2.27. The molecule has 2 amide bonds. The number of hydrogen-bond acceptors (Lipinski definition) is 5. The summed E-state index contributed by atoms with van der Waals surface area (Å²) in [6, 6.07) is 14.5. The predicted molar refractivity (Wildman–Crippen MR) is 132 cm³/mol. The van der Waals surface area contributed by atoms with Crippen LogP contribution in [0.15, 0.2) is 48.5 Å². The van der Waals surface area contributed by atoms with Gasteiger partial charge in [-0.05, 0) is 74.7 Å². The zero-order valence-electron chi connectivity index (χ0n) is 19.8. The summed E-state index contributed by atoms with van der Waals surface area (Å²) < 4.78 is 6.78. The molecule has 2 heterocycles. The third-order valence-corrected chi connectivity index (χ3v) is 6.31. The molecule has 182 valence electrons. The molecule has 2 aromatic carbocycles. The van der Waals surface area contributed by atoms with Crippen molar-refractivity contribution < 1.29 is 24.2 Å². The molecule has 3 aromatic rings. The van der Waals surface area contributed by atoms with Crippen LogP contribution >= 0.6 is 0 Å². The van der Waals surface area contributed by atoms with Crippen LogP contribution in [-0.4, -0.2) is 53.4 Å². The molecule has 9 heteroatoms. The zero-order valence-corrected chi connectivity index (χ0v) is 19.8. The van der Waals surface area contributed by atoms with Crippen LogP contribution in [0.25, 0.3) is 5.69 Å². The van der Waals surface area contributed by atoms with Crippen LogP contribution in [0.4, 0.5) is 11.4 Å². The number of amides is 2. The summed E-state index contributed by atoms with van der Waals surface area (Å²) in [6.45, 7) is 2.79. The molecule has 0 saturated carbocycles. The Labute approximate surface area is 203 Å². The highest BCUT2D eigenvalue weighted by molar-refractivity contribution is 5.94. The average Bonchev–Trinajstić information content (AvgIpc) is 3.21. The normalized spacial score (nSPS) is 13.5. The van der Waals surface area contributed by atoms with E-state index in [9.17, 15) is 19.5 Å². The number of anilines is 2. The third-order valence-electron chi connectivity index (χ3n) is 6.31. The van der Waals surface area contributed by atoms with Crippen LogP contribution in [0.1, 0.15) is 41.0 Å². The highest BCUT2D eigenvalue weighted by Gasteiger charge is 2.22. The summed E-state index contributed by atoms with van der Waals surface area (Å²) in [6.07, 6.45) is 3.49. The highest BCUT2D eigenvalue weighted by atomic mass is 16.5. The summed E-state index contributed by atoms with van der Waals surface area (Å²) in [5.41, 5.74) is 3.42. The maximum Gasteiger partial charge on any atom is 0.356 e. The van der Waals surface area contributed by atoms with Gasteiger partial charge in [0.1, 0.15) is 5.75 Å². The lowest BCUT2D eigenvalue weighted by atomic mass is 10.1. The summed E-state index contributed by atoms with van der Waals surface area (Å²) >= 11 is 0. The van der Waals surface area contributed by atoms with Crippen molar-refractivity contribution in [2.45, 2.75) is 32.6 Å². The lowest BCUT2D eigenvalue weighted by Crippen LogP contribution is -2.35. The van der Waals surface area contributed by atoms with Gasteiger partial charge in [-0.25, -0.2) is 9.48 Å². The Balaban J connectivity index is 1.53. The fourth-order valence-corrected chi connectivity index (χ4v) is 4.36. The van der Waals surface area contributed by atoms with Gasteiger partial charge >= 0.3 is 5.97 Å². The molecule has 1 aliphatic rings. The smallest absolute Gasteiger partial charge is 0.356 e. The number of carbonyl (C=O) groups excluding carboxylic acids is 2. The molecule has 1 N–H and O–H groups in total. The van der Waals surface area contributed by atoms with Gasteiger partial charge < -0.3 is 19.6 Å². The number of benzene rings is 2. The van der Waals surface area contributed by atoms with E-state index >= 15 is 0 Å². The molecule has 0 atom stereocenters. The van der Waals surface area contributed by atoms with E-state index in [2.05, 4.69) is 5.10 Å². The van der Waals surface area contributed by atoms with E-state index in [4.69, 9.17) is 4.74 Å². The number of rotatable bonds is 9. The van der Waals surface area contributed by atoms with E-state index in [-0.39, 0.29) is 18.1 Å². The van der Waals surface area contributed by atoms with Crippen molar-refractivity contribution in [3.8, 4) is 11.4 Å². The molecule has 0 unspecified atom stereocenters. The van der Waals surface area contributed by atoms with Crippen molar-refractivity contribution in [3.05, 3.63) is 65.5 Å². The first-order valence-electron chi connectivity index (χ1n) is 11.5. The van der Waals surface area contributed by atoms with Gasteiger partial charge in [0.25, 0.3) is 0 Å². The molecular weight excluding hydrogens is 448 g/mol. The number of carbonyl (C=O) groups is 3. The van der Waals surface area contributed by atoms with Gasteiger partial charge in [0, 0.05) is 42.1 Å². The number of ether oxygens (including phenoxy) is 1. The Kier molecular flexibility index (Phi) is 7.14. The second-order valence-corrected chi connectivity index (χ2v) is 8.40. The number of aromatic nitrogens is 2. The van der Waals surface area contributed by atoms with E-state index in [0.717, 1.165) is 24.9 Å². The van der Waals surface area contributed by atoms with Gasteiger partial charge in [-0.2, -0.15) is 5.10 Å². The Morgan fingerprint density at radius 2 is 1.80 bits per heavy atom. The molecular formula is C26H28N4O5. The summed E-state index contributed by atoms with van der Waals surface area (Å²) in [7, 11) is 1.58. The standard InChI is InChI=1S/C26H28N4O5/c1-18-23(25(26(33)34)27-30(18)21-10-12-22(35-2)13-11-21)14-16-28(17-31)19-6-8-20(9-7-19)29-15-4-3-5-24(29)32/h6-13,17H,3-5,14-16H2,1-2H3,(H,33,34). The number of hydrogen-bond donors (Lipinski definition) is 1. The zero-order chi connectivity index (χ0) is 24.9. The van der Waals surface area contributed by atoms with E-state index in [0.29, 0.717) is 47.8 Å². The maximum atomic E-state index is 12.2. The highest BCUT2D eigenvalue weighted by Crippen LogP contribution is 2.25. The van der Waals surface area contributed by atoms with Gasteiger partial charge in [0.15, 0.2) is 5.69 Å².